The Morgan fingerprint density at radius 1 is 1.14 bits per heavy atom. The van der Waals surface area contributed by atoms with Crippen LogP contribution in [-0.2, 0) is 6.54 Å². The Morgan fingerprint density at radius 3 is 2.57 bits per heavy atom. The largest absolute Gasteiger partial charge is 0.364 e. The number of nitrogens with one attached hydrogen (secondary N) is 2. The lowest BCUT2D eigenvalue weighted by atomic mass is 10.1. The number of rotatable bonds is 5. The molecule has 0 aromatic heterocycles. The Kier molecular flexibility index (Phi) is 8.22. The minimum absolute atomic E-state index is 0. The van der Waals surface area contributed by atoms with Crippen LogP contribution >= 0.6 is 24.0 Å². The molecule has 4 nitrogen and oxygen atoms in total. The Hall–Kier alpha value is -2.16. The second kappa shape index (κ2) is 10.4. The lowest BCUT2D eigenvalue weighted by Crippen LogP contribution is -2.38. The predicted molar refractivity (Wildman–Crippen MR) is 121 cm³/mol. The van der Waals surface area contributed by atoms with Gasteiger partial charge in [0.05, 0.1) is 6.04 Å². The lowest BCUT2D eigenvalue weighted by molar-refractivity contribution is 0.550. The summed E-state index contributed by atoms with van der Waals surface area (Å²) < 4.78 is 27.0. The molecule has 0 saturated heterocycles. The molecule has 1 aliphatic rings. The molecule has 0 bridgehead atoms. The summed E-state index contributed by atoms with van der Waals surface area (Å²) in [6.07, 6.45) is 4.32. The third-order valence-electron chi connectivity index (χ3n) is 4.56. The van der Waals surface area contributed by atoms with Gasteiger partial charge in [0.15, 0.2) is 5.96 Å². The second-order valence-corrected chi connectivity index (χ2v) is 6.50. The minimum Gasteiger partial charge on any atom is -0.364 e. The molecule has 3 rings (SSSR count). The van der Waals surface area contributed by atoms with Gasteiger partial charge in [-0.1, -0.05) is 30.4 Å². The molecule has 1 aliphatic heterocycles. The molecule has 7 heteroatoms. The van der Waals surface area contributed by atoms with E-state index in [-0.39, 0.29) is 30.0 Å². The van der Waals surface area contributed by atoms with Gasteiger partial charge in [-0.05, 0) is 30.7 Å². The van der Waals surface area contributed by atoms with Crippen LogP contribution in [0.3, 0.4) is 0 Å². The van der Waals surface area contributed by atoms with Crippen molar-refractivity contribution in [3.8, 4) is 0 Å². The number of nitrogens with zero attached hydrogens (tertiary/aromatic N) is 2. The SMILES string of the molecule is CN=C(NCc1cccc(N2CC=CC2)c1)NC(C)c1ccc(F)cc1F.I. The van der Waals surface area contributed by atoms with Gasteiger partial charge in [0.2, 0.25) is 0 Å². The summed E-state index contributed by atoms with van der Waals surface area (Å²) in [5.41, 5.74) is 2.70. The van der Waals surface area contributed by atoms with Crippen molar-refractivity contribution >= 4 is 35.6 Å². The predicted octanol–water partition coefficient (Wildman–Crippen LogP) is 4.39. The van der Waals surface area contributed by atoms with E-state index in [1.165, 1.54) is 17.8 Å². The van der Waals surface area contributed by atoms with E-state index >= 15 is 0 Å². The number of benzene rings is 2. The highest BCUT2D eigenvalue weighted by atomic mass is 127. The summed E-state index contributed by atoms with van der Waals surface area (Å²) in [7, 11) is 1.66. The molecule has 0 fully saturated rings. The average Bonchev–Trinajstić information content (AvgIpc) is 3.20. The fourth-order valence-electron chi connectivity index (χ4n) is 3.07. The van der Waals surface area contributed by atoms with Crippen LogP contribution in [0.5, 0.6) is 0 Å². The summed E-state index contributed by atoms with van der Waals surface area (Å²) in [6, 6.07) is 11.6. The lowest BCUT2D eigenvalue weighted by Gasteiger charge is -2.20. The smallest absolute Gasteiger partial charge is 0.191 e. The first-order valence-electron chi connectivity index (χ1n) is 8.98. The highest BCUT2D eigenvalue weighted by molar-refractivity contribution is 14.0. The fraction of sp³-hybridized carbons (Fsp3) is 0.286. The number of halogens is 3. The summed E-state index contributed by atoms with van der Waals surface area (Å²) in [5.74, 6) is -0.601. The number of anilines is 1. The number of hydrogen-bond acceptors (Lipinski definition) is 2. The first-order chi connectivity index (χ1) is 13.1. The Morgan fingerprint density at radius 2 is 1.89 bits per heavy atom. The molecule has 28 heavy (non-hydrogen) atoms. The van der Waals surface area contributed by atoms with Crippen molar-refractivity contribution in [2.24, 2.45) is 4.99 Å². The van der Waals surface area contributed by atoms with Gasteiger partial charge >= 0.3 is 0 Å². The number of aliphatic imine (C=N–C) groups is 1. The molecule has 2 N–H and O–H groups in total. The van der Waals surface area contributed by atoms with Crippen LogP contribution in [-0.4, -0.2) is 26.1 Å². The van der Waals surface area contributed by atoms with Crippen LogP contribution in [0.4, 0.5) is 14.5 Å². The van der Waals surface area contributed by atoms with Crippen LogP contribution in [0.1, 0.15) is 24.1 Å². The molecule has 1 unspecified atom stereocenters. The van der Waals surface area contributed by atoms with Crippen molar-refractivity contribution in [1.29, 1.82) is 0 Å². The first kappa shape index (κ1) is 22.1. The van der Waals surface area contributed by atoms with E-state index in [1.807, 2.05) is 13.0 Å². The van der Waals surface area contributed by atoms with Crippen LogP contribution in [0, 0.1) is 11.6 Å². The highest BCUT2D eigenvalue weighted by Gasteiger charge is 2.13. The van der Waals surface area contributed by atoms with Crippen LogP contribution in [0.2, 0.25) is 0 Å². The number of guanidine groups is 1. The second-order valence-electron chi connectivity index (χ2n) is 6.50. The third-order valence-corrected chi connectivity index (χ3v) is 4.56. The van der Waals surface area contributed by atoms with E-state index < -0.39 is 11.6 Å². The zero-order valence-corrected chi connectivity index (χ0v) is 18.3. The van der Waals surface area contributed by atoms with Gasteiger partial charge in [0.25, 0.3) is 0 Å². The van der Waals surface area contributed by atoms with Crippen LogP contribution in [0.25, 0.3) is 0 Å². The van der Waals surface area contributed by atoms with Gasteiger partial charge in [0.1, 0.15) is 11.6 Å². The van der Waals surface area contributed by atoms with Crippen molar-refractivity contribution in [1.82, 2.24) is 10.6 Å². The molecule has 0 amide bonds. The van der Waals surface area contributed by atoms with Gasteiger partial charge < -0.3 is 15.5 Å². The van der Waals surface area contributed by atoms with Crippen molar-refractivity contribution in [2.75, 3.05) is 25.0 Å². The maximum atomic E-state index is 13.9. The molecular weight excluding hydrogens is 473 g/mol. The van der Waals surface area contributed by atoms with E-state index in [9.17, 15) is 8.78 Å². The maximum absolute atomic E-state index is 13.9. The molecule has 0 aliphatic carbocycles. The van der Waals surface area contributed by atoms with E-state index in [0.29, 0.717) is 18.1 Å². The minimum atomic E-state index is -0.584. The molecule has 0 radical (unpaired) electrons. The molecule has 0 saturated carbocycles. The normalized spacial score (nSPS) is 14.6. The molecular formula is C21H25F2IN4. The van der Waals surface area contributed by atoms with Crippen molar-refractivity contribution in [3.63, 3.8) is 0 Å². The van der Waals surface area contributed by atoms with Gasteiger partial charge in [-0.25, -0.2) is 8.78 Å². The average molecular weight is 498 g/mol. The van der Waals surface area contributed by atoms with Crippen LogP contribution < -0.4 is 15.5 Å². The van der Waals surface area contributed by atoms with E-state index in [0.717, 1.165) is 24.7 Å². The van der Waals surface area contributed by atoms with Gasteiger partial charge in [-0.3, -0.25) is 4.99 Å². The summed E-state index contributed by atoms with van der Waals surface area (Å²) >= 11 is 0. The monoisotopic (exact) mass is 498 g/mol. The fourth-order valence-corrected chi connectivity index (χ4v) is 3.07. The first-order valence-corrected chi connectivity index (χ1v) is 8.98. The van der Waals surface area contributed by atoms with E-state index in [4.69, 9.17) is 0 Å². The van der Waals surface area contributed by atoms with E-state index in [1.54, 1.807) is 7.05 Å². The van der Waals surface area contributed by atoms with Gasteiger partial charge in [-0.15, -0.1) is 24.0 Å². The van der Waals surface area contributed by atoms with Crippen LogP contribution in [0.15, 0.2) is 59.6 Å². The Labute approximate surface area is 181 Å². The molecule has 1 heterocycles. The Balaban J connectivity index is 0.00000280. The zero-order chi connectivity index (χ0) is 19.2. The van der Waals surface area contributed by atoms with Crippen molar-refractivity contribution < 1.29 is 8.78 Å². The Bertz CT molecular complexity index is 846. The van der Waals surface area contributed by atoms with Gasteiger partial charge in [-0.2, -0.15) is 0 Å². The standard InChI is InChI=1S/C21H24F2N4.HI/c1-15(19-9-8-17(22)13-20(19)23)26-21(24-2)25-14-16-6-5-7-18(12-16)27-10-3-4-11-27;/h3-9,12-13,15H,10-11,14H2,1-2H3,(H2,24,25,26);1H. The number of hydrogen-bond donors (Lipinski definition) is 2. The summed E-state index contributed by atoms with van der Waals surface area (Å²) in [5, 5.41) is 6.38. The molecule has 2 aromatic rings. The zero-order valence-electron chi connectivity index (χ0n) is 16.0. The third kappa shape index (κ3) is 5.67. The van der Waals surface area contributed by atoms with Crippen molar-refractivity contribution in [2.45, 2.75) is 19.5 Å². The molecule has 1 atom stereocenters. The van der Waals surface area contributed by atoms with Crippen molar-refractivity contribution in [3.05, 3.63) is 77.4 Å². The topological polar surface area (TPSA) is 39.7 Å². The van der Waals surface area contributed by atoms with E-state index in [2.05, 4.69) is 50.9 Å². The molecule has 0 spiro atoms. The van der Waals surface area contributed by atoms with Gasteiger partial charge in [0, 0.05) is 44.0 Å². The molecule has 2 aromatic carbocycles. The summed E-state index contributed by atoms with van der Waals surface area (Å²) in [6.45, 7) is 4.26. The quantitative estimate of drug-likeness (QED) is 0.278. The molecule has 150 valence electrons. The summed E-state index contributed by atoms with van der Waals surface area (Å²) in [4.78, 5) is 6.48. The maximum Gasteiger partial charge on any atom is 0.191 e. The highest BCUT2D eigenvalue weighted by Crippen LogP contribution is 2.19.